The van der Waals surface area contributed by atoms with E-state index in [9.17, 15) is 4.79 Å². The molecule has 0 radical (unpaired) electrons. The Morgan fingerprint density at radius 2 is 1.81 bits per heavy atom. The van der Waals surface area contributed by atoms with Crippen LogP contribution in [0.25, 0.3) is 0 Å². The number of hydrogen-bond acceptors (Lipinski definition) is 4. The molecule has 6 nitrogen and oxygen atoms in total. The largest absolute Gasteiger partial charge is 0.492 e. The van der Waals surface area contributed by atoms with Crippen LogP contribution in [-0.2, 0) is 17.8 Å². The van der Waals surface area contributed by atoms with Crippen LogP contribution in [0, 0.1) is 0 Å². The van der Waals surface area contributed by atoms with E-state index >= 15 is 0 Å². The summed E-state index contributed by atoms with van der Waals surface area (Å²) >= 11 is 0. The number of nitrogens with one attached hydrogen (secondary N) is 1. The number of likely N-dealkylation sites (N-methyl/N-ethyl adjacent to an activating group) is 1. The molecule has 2 atom stereocenters. The second kappa shape index (κ2) is 8.20. The molecule has 3 aromatic carbocycles. The number of fused-ring (bicyclic) bond motifs is 2. The van der Waals surface area contributed by atoms with Gasteiger partial charge in [-0.3, -0.25) is 4.79 Å². The molecule has 2 aliphatic rings. The van der Waals surface area contributed by atoms with Gasteiger partial charge in [0.2, 0.25) is 12.5 Å². The lowest BCUT2D eigenvalue weighted by atomic mass is 9.87. The molecule has 0 saturated heterocycles. The van der Waals surface area contributed by atoms with E-state index in [-0.39, 0.29) is 12.7 Å². The summed E-state index contributed by atoms with van der Waals surface area (Å²) in [6.45, 7) is 1.70. The van der Waals surface area contributed by atoms with Crippen LogP contribution < -0.4 is 19.5 Å². The second-order valence-corrected chi connectivity index (χ2v) is 8.57. The van der Waals surface area contributed by atoms with Crippen LogP contribution in [0.4, 0.5) is 5.69 Å². The van der Waals surface area contributed by atoms with Crippen LogP contribution >= 0.6 is 0 Å². The molecule has 32 heavy (non-hydrogen) atoms. The average molecular weight is 432 g/mol. The number of amides is 1. The van der Waals surface area contributed by atoms with E-state index in [2.05, 4.69) is 24.5 Å². The monoisotopic (exact) mass is 431 g/mol. The Labute approximate surface area is 187 Å². The fourth-order valence-corrected chi connectivity index (χ4v) is 4.92. The number of ether oxygens (including phenoxy) is 3. The van der Waals surface area contributed by atoms with Gasteiger partial charge in [0.1, 0.15) is 6.54 Å². The van der Waals surface area contributed by atoms with Crippen molar-refractivity contribution in [2.75, 3.05) is 32.8 Å². The number of carbonyl (C=O) groups excluding carboxylic acids is 1. The SMILES string of the molecule is COc1c2c(cc3c1[C@@H](C(=O)Nc1ccccc1)[N@@+](C)(Cc1ccccc1)CC3)OCO2. The van der Waals surface area contributed by atoms with Crippen molar-refractivity contribution >= 4 is 11.6 Å². The lowest BCUT2D eigenvalue weighted by Gasteiger charge is -2.45. The van der Waals surface area contributed by atoms with Crippen molar-refractivity contribution in [1.29, 1.82) is 0 Å². The van der Waals surface area contributed by atoms with Gasteiger partial charge in [-0.15, -0.1) is 0 Å². The molecule has 164 valence electrons. The number of para-hydroxylation sites is 1. The van der Waals surface area contributed by atoms with Gasteiger partial charge in [0.25, 0.3) is 5.91 Å². The summed E-state index contributed by atoms with van der Waals surface area (Å²) in [7, 11) is 3.77. The summed E-state index contributed by atoms with van der Waals surface area (Å²) in [5.74, 6) is 1.80. The maximum atomic E-state index is 13.9. The van der Waals surface area contributed by atoms with Gasteiger partial charge in [0, 0.05) is 17.7 Å². The lowest BCUT2D eigenvalue weighted by Crippen LogP contribution is -2.54. The Morgan fingerprint density at radius 1 is 1.09 bits per heavy atom. The molecule has 1 amide bonds. The lowest BCUT2D eigenvalue weighted by molar-refractivity contribution is -0.944. The van der Waals surface area contributed by atoms with Gasteiger partial charge in [0.05, 0.1) is 26.3 Å². The molecule has 5 rings (SSSR count). The Balaban J connectivity index is 1.62. The Bertz CT molecular complexity index is 1130. The average Bonchev–Trinajstić information content (AvgIpc) is 3.27. The minimum Gasteiger partial charge on any atom is -0.492 e. The van der Waals surface area contributed by atoms with E-state index in [1.807, 2.05) is 54.6 Å². The highest BCUT2D eigenvalue weighted by molar-refractivity contribution is 5.96. The van der Waals surface area contributed by atoms with E-state index in [1.54, 1.807) is 7.11 Å². The van der Waals surface area contributed by atoms with Crippen molar-refractivity contribution in [3.8, 4) is 17.2 Å². The number of carbonyl (C=O) groups is 1. The van der Waals surface area contributed by atoms with Crippen LogP contribution in [0.15, 0.2) is 66.7 Å². The highest BCUT2D eigenvalue weighted by Crippen LogP contribution is 2.51. The third-order valence-corrected chi connectivity index (χ3v) is 6.41. The summed E-state index contributed by atoms with van der Waals surface area (Å²) in [6.07, 6.45) is 0.820. The highest BCUT2D eigenvalue weighted by Gasteiger charge is 2.47. The Hall–Kier alpha value is -3.51. The molecular formula is C26H27N2O4+. The van der Waals surface area contributed by atoms with Gasteiger partial charge < -0.3 is 24.0 Å². The normalized spacial score (nSPS) is 21.0. The maximum Gasteiger partial charge on any atom is 0.287 e. The predicted molar refractivity (Wildman–Crippen MR) is 122 cm³/mol. The summed E-state index contributed by atoms with van der Waals surface area (Å²) in [5.41, 5.74) is 3.92. The standard InChI is InChI=1S/C26H26N2O4/c1-28(16-18-9-5-3-6-10-18)14-13-19-15-21-24(32-17-31-21)25(30-2)22(19)23(28)26(29)27-20-11-7-4-8-12-20/h3-12,15,23H,13-14,16-17H2,1-2H3/p+1/t23-,28+/m0/s1. The fraction of sp³-hybridized carbons (Fsp3) is 0.269. The molecule has 0 aromatic heterocycles. The van der Waals surface area contributed by atoms with Gasteiger partial charge in [-0.25, -0.2) is 0 Å². The molecule has 0 bridgehead atoms. The predicted octanol–water partition coefficient (Wildman–Crippen LogP) is 4.31. The van der Waals surface area contributed by atoms with Gasteiger partial charge in [-0.1, -0.05) is 48.5 Å². The van der Waals surface area contributed by atoms with E-state index in [4.69, 9.17) is 14.2 Å². The molecule has 0 fully saturated rings. The zero-order valence-electron chi connectivity index (χ0n) is 18.3. The first-order valence-corrected chi connectivity index (χ1v) is 10.8. The number of nitrogens with zero attached hydrogens (tertiary/aromatic N) is 1. The minimum atomic E-state index is -0.469. The van der Waals surface area contributed by atoms with Crippen molar-refractivity contribution in [3.05, 3.63) is 83.4 Å². The highest BCUT2D eigenvalue weighted by atomic mass is 16.7. The third-order valence-electron chi connectivity index (χ3n) is 6.41. The summed E-state index contributed by atoms with van der Waals surface area (Å²) < 4.78 is 17.7. The molecule has 0 unspecified atom stereocenters. The Kier molecular flexibility index (Phi) is 5.23. The molecule has 0 saturated carbocycles. The molecule has 3 aromatic rings. The zero-order valence-corrected chi connectivity index (χ0v) is 18.3. The number of hydrogen-bond donors (Lipinski definition) is 1. The van der Waals surface area contributed by atoms with E-state index in [0.717, 1.165) is 36.3 Å². The molecular weight excluding hydrogens is 404 g/mol. The molecule has 6 heteroatoms. The van der Waals surface area contributed by atoms with Gasteiger partial charge in [-0.05, 0) is 23.8 Å². The van der Waals surface area contributed by atoms with Crippen LogP contribution in [0.3, 0.4) is 0 Å². The second-order valence-electron chi connectivity index (χ2n) is 8.57. The minimum absolute atomic E-state index is 0.0623. The van der Waals surface area contributed by atoms with Crippen molar-refractivity contribution in [2.24, 2.45) is 0 Å². The first kappa shape index (κ1) is 20.4. The van der Waals surface area contributed by atoms with Crippen molar-refractivity contribution in [2.45, 2.75) is 19.0 Å². The van der Waals surface area contributed by atoms with Gasteiger partial charge in [0.15, 0.2) is 17.5 Å². The number of rotatable bonds is 5. The van der Waals surface area contributed by atoms with Crippen LogP contribution in [-0.4, -0.2) is 37.9 Å². The first-order valence-electron chi connectivity index (χ1n) is 10.8. The molecule has 2 aliphatic heterocycles. The number of quaternary nitrogens is 1. The van der Waals surface area contributed by atoms with Crippen molar-refractivity contribution < 1.29 is 23.5 Å². The summed E-state index contributed by atoms with van der Waals surface area (Å²) in [5, 5.41) is 3.13. The van der Waals surface area contributed by atoms with Crippen molar-refractivity contribution in [1.82, 2.24) is 0 Å². The van der Waals surface area contributed by atoms with E-state index < -0.39 is 6.04 Å². The maximum absolute atomic E-state index is 13.9. The summed E-state index contributed by atoms with van der Waals surface area (Å²) in [6, 6.07) is 21.4. The first-order chi connectivity index (χ1) is 15.6. The van der Waals surface area contributed by atoms with Crippen LogP contribution in [0.2, 0.25) is 0 Å². The van der Waals surface area contributed by atoms with E-state index in [1.165, 1.54) is 5.56 Å². The van der Waals surface area contributed by atoms with Crippen LogP contribution in [0.1, 0.15) is 22.7 Å². The molecule has 1 N–H and O–H groups in total. The number of benzene rings is 3. The zero-order chi connectivity index (χ0) is 22.1. The number of methoxy groups -OCH3 is 1. The topological polar surface area (TPSA) is 56.8 Å². The van der Waals surface area contributed by atoms with Crippen LogP contribution in [0.5, 0.6) is 17.2 Å². The summed E-state index contributed by atoms with van der Waals surface area (Å²) in [4.78, 5) is 13.9. The molecule has 0 spiro atoms. The third kappa shape index (κ3) is 3.56. The van der Waals surface area contributed by atoms with Gasteiger partial charge in [-0.2, -0.15) is 0 Å². The van der Waals surface area contributed by atoms with Crippen molar-refractivity contribution in [3.63, 3.8) is 0 Å². The quantitative estimate of drug-likeness (QED) is 0.612. The fourth-order valence-electron chi connectivity index (χ4n) is 4.92. The molecule has 0 aliphatic carbocycles. The Morgan fingerprint density at radius 3 is 2.53 bits per heavy atom. The van der Waals surface area contributed by atoms with E-state index in [0.29, 0.717) is 21.7 Å². The molecule has 2 heterocycles. The smallest absolute Gasteiger partial charge is 0.287 e. The van der Waals surface area contributed by atoms with Gasteiger partial charge >= 0.3 is 0 Å². The number of anilines is 1.